The van der Waals surface area contributed by atoms with E-state index in [1.54, 1.807) is 23.2 Å². The van der Waals surface area contributed by atoms with Crippen LogP contribution in [0.1, 0.15) is 34.9 Å². The smallest absolute Gasteiger partial charge is 0.255 e. The molecule has 1 aliphatic heterocycles. The van der Waals surface area contributed by atoms with Crippen LogP contribution < -0.4 is 5.32 Å². The van der Waals surface area contributed by atoms with E-state index in [1.807, 2.05) is 12.1 Å². The molecule has 2 fully saturated rings. The van der Waals surface area contributed by atoms with Crippen LogP contribution in [0.5, 0.6) is 0 Å². The molecule has 1 saturated heterocycles. The number of rotatable bonds is 4. The second-order valence-corrected chi connectivity index (χ2v) is 6.51. The molecule has 1 amide bonds. The average Bonchev–Trinajstić information content (AvgIpc) is 3.46. The van der Waals surface area contributed by atoms with E-state index in [9.17, 15) is 9.18 Å². The summed E-state index contributed by atoms with van der Waals surface area (Å²) in [5.74, 6) is 0.476. The molecule has 130 valence electrons. The van der Waals surface area contributed by atoms with E-state index >= 15 is 0 Å². The van der Waals surface area contributed by atoms with Crippen LogP contribution >= 0.6 is 0 Å². The van der Waals surface area contributed by atoms with Gasteiger partial charge in [-0.3, -0.25) is 4.79 Å². The molecule has 2 aromatic rings. The van der Waals surface area contributed by atoms with Crippen molar-refractivity contribution in [2.45, 2.75) is 25.0 Å². The van der Waals surface area contributed by atoms with Gasteiger partial charge in [0.15, 0.2) is 0 Å². The highest BCUT2D eigenvalue weighted by Crippen LogP contribution is 2.25. The van der Waals surface area contributed by atoms with Gasteiger partial charge in [0.25, 0.3) is 5.91 Å². The van der Waals surface area contributed by atoms with Crippen LogP contribution in [0.3, 0.4) is 0 Å². The van der Waals surface area contributed by atoms with Crippen molar-refractivity contribution in [3.63, 3.8) is 0 Å². The van der Waals surface area contributed by atoms with Crippen molar-refractivity contribution in [2.24, 2.45) is 0 Å². The summed E-state index contributed by atoms with van der Waals surface area (Å²) >= 11 is 0. The van der Waals surface area contributed by atoms with Crippen molar-refractivity contribution >= 4 is 11.7 Å². The minimum absolute atomic E-state index is 0.0547. The molecule has 2 heterocycles. The van der Waals surface area contributed by atoms with Crippen molar-refractivity contribution in [3.05, 3.63) is 59.5 Å². The highest BCUT2D eigenvalue weighted by atomic mass is 19.1. The quantitative estimate of drug-likeness (QED) is 0.929. The molecule has 4 rings (SSSR count). The molecular weight excluding hydrogens is 321 g/mol. The van der Waals surface area contributed by atoms with E-state index in [2.05, 4.69) is 10.3 Å². The fraction of sp³-hybridized carbons (Fsp3) is 0.368. The number of hydrogen-bond donors (Lipinski definition) is 1. The predicted molar refractivity (Wildman–Crippen MR) is 91.9 cm³/mol. The molecule has 25 heavy (non-hydrogen) atoms. The molecule has 1 aliphatic carbocycles. The lowest BCUT2D eigenvalue weighted by Gasteiger charge is -2.33. The molecule has 1 N–H and O–H groups in total. The molecule has 1 aromatic carbocycles. The van der Waals surface area contributed by atoms with Gasteiger partial charge in [-0.2, -0.15) is 0 Å². The summed E-state index contributed by atoms with van der Waals surface area (Å²) in [5, 5.41) is 3.31. The second-order valence-electron chi connectivity index (χ2n) is 6.51. The van der Waals surface area contributed by atoms with Crippen molar-refractivity contribution in [1.29, 1.82) is 0 Å². The summed E-state index contributed by atoms with van der Waals surface area (Å²) in [7, 11) is 0. The predicted octanol–water partition coefficient (Wildman–Crippen LogP) is 3.01. The van der Waals surface area contributed by atoms with Crippen LogP contribution in [0.4, 0.5) is 10.2 Å². The van der Waals surface area contributed by atoms with Crippen molar-refractivity contribution in [2.75, 3.05) is 25.0 Å². The summed E-state index contributed by atoms with van der Waals surface area (Å²) in [5.41, 5.74) is 1.45. The van der Waals surface area contributed by atoms with E-state index in [4.69, 9.17) is 4.74 Å². The van der Waals surface area contributed by atoms with Gasteiger partial charge in [0.05, 0.1) is 18.7 Å². The highest BCUT2D eigenvalue weighted by molar-refractivity contribution is 5.94. The van der Waals surface area contributed by atoms with Gasteiger partial charge >= 0.3 is 0 Å². The zero-order chi connectivity index (χ0) is 17.2. The number of anilines is 1. The summed E-state index contributed by atoms with van der Waals surface area (Å²) < 4.78 is 18.8. The minimum atomic E-state index is -0.279. The number of aromatic nitrogens is 1. The SMILES string of the molecule is O=C(c1ccc(NC2CC2)nc1)N1CCO[C@H](c2ccc(F)cc2)C1. The average molecular weight is 341 g/mol. The van der Waals surface area contributed by atoms with Gasteiger partial charge in [-0.1, -0.05) is 12.1 Å². The maximum atomic E-state index is 13.1. The zero-order valence-electron chi connectivity index (χ0n) is 13.8. The lowest BCUT2D eigenvalue weighted by Crippen LogP contribution is -2.42. The molecule has 1 aromatic heterocycles. The Morgan fingerprint density at radius 3 is 2.68 bits per heavy atom. The van der Waals surface area contributed by atoms with Crippen LogP contribution in [0, 0.1) is 5.82 Å². The Labute approximate surface area is 145 Å². The first-order valence-electron chi connectivity index (χ1n) is 8.58. The fourth-order valence-electron chi connectivity index (χ4n) is 2.94. The molecule has 6 heteroatoms. The number of carbonyl (C=O) groups excluding carboxylic acids is 1. The number of nitrogens with one attached hydrogen (secondary N) is 1. The van der Waals surface area contributed by atoms with E-state index in [1.165, 1.54) is 25.0 Å². The van der Waals surface area contributed by atoms with E-state index in [0.717, 1.165) is 11.4 Å². The maximum Gasteiger partial charge on any atom is 0.255 e. The Kier molecular flexibility index (Phi) is 4.36. The second kappa shape index (κ2) is 6.80. The van der Waals surface area contributed by atoms with Crippen LogP contribution in [0.2, 0.25) is 0 Å². The standard InChI is InChI=1S/C19H20FN3O2/c20-15-4-1-13(2-5-15)17-12-23(9-10-25-17)19(24)14-3-8-18(21-11-14)22-16-6-7-16/h1-5,8,11,16-17H,6-7,9-10,12H2,(H,21,22)/t17-/m0/s1. The molecule has 1 atom stereocenters. The number of amides is 1. The number of morpholine rings is 1. The van der Waals surface area contributed by atoms with Gasteiger partial charge < -0.3 is 15.0 Å². The Morgan fingerprint density at radius 1 is 1.20 bits per heavy atom. The molecule has 0 bridgehead atoms. The number of benzene rings is 1. The number of ether oxygens (including phenoxy) is 1. The molecular formula is C19H20FN3O2. The third-order valence-electron chi connectivity index (χ3n) is 4.54. The zero-order valence-corrected chi connectivity index (χ0v) is 13.8. The van der Waals surface area contributed by atoms with Gasteiger partial charge in [0, 0.05) is 18.8 Å². The Morgan fingerprint density at radius 2 is 2.00 bits per heavy atom. The van der Waals surface area contributed by atoms with Crippen molar-refractivity contribution in [3.8, 4) is 0 Å². The lowest BCUT2D eigenvalue weighted by atomic mass is 10.1. The molecule has 0 radical (unpaired) electrons. The Bertz CT molecular complexity index is 744. The molecule has 0 unspecified atom stereocenters. The third kappa shape index (κ3) is 3.79. The summed E-state index contributed by atoms with van der Waals surface area (Å²) in [6.45, 7) is 1.45. The maximum absolute atomic E-state index is 13.1. The van der Waals surface area contributed by atoms with Crippen LogP contribution in [-0.4, -0.2) is 41.5 Å². The first-order valence-corrected chi connectivity index (χ1v) is 8.58. The first-order chi connectivity index (χ1) is 12.2. The van der Waals surface area contributed by atoms with Gasteiger partial charge in [-0.25, -0.2) is 9.37 Å². The van der Waals surface area contributed by atoms with E-state index in [0.29, 0.717) is 31.3 Å². The number of nitrogens with zero attached hydrogens (tertiary/aromatic N) is 2. The topological polar surface area (TPSA) is 54.5 Å². The normalized spacial score (nSPS) is 20.4. The largest absolute Gasteiger partial charge is 0.370 e. The number of carbonyl (C=O) groups is 1. The minimum Gasteiger partial charge on any atom is -0.370 e. The van der Waals surface area contributed by atoms with E-state index in [-0.39, 0.29) is 17.8 Å². The lowest BCUT2D eigenvalue weighted by molar-refractivity contribution is -0.0228. The Hall–Kier alpha value is -2.47. The third-order valence-corrected chi connectivity index (χ3v) is 4.54. The highest BCUT2D eigenvalue weighted by Gasteiger charge is 2.26. The molecule has 5 nitrogen and oxygen atoms in total. The van der Waals surface area contributed by atoms with Crippen LogP contribution in [0.25, 0.3) is 0 Å². The van der Waals surface area contributed by atoms with E-state index < -0.39 is 0 Å². The number of halogens is 1. The summed E-state index contributed by atoms with van der Waals surface area (Å²) in [6.07, 6.45) is 3.75. The molecule has 1 saturated carbocycles. The number of pyridine rings is 1. The van der Waals surface area contributed by atoms with Gasteiger partial charge in [0.1, 0.15) is 17.7 Å². The first kappa shape index (κ1) is 16.0. The summed E-state index contributed by atoms with van der Waals surface area (Å²) in [4.78, 5) is 18.8. The number of hydrogen-bond acceptors (Lipinski definition) is 4. The van der Waals surface area contributed by atoms with Crippen molar-refractivity contribution < 1.29 is 13.9 Å². The van der Waals surface area contributed by atoms with Gasteiger partial charge in [-0.05, 0) is 42.7 Å². The molecule has 0 spiro atoms. The van der Waals surface area contributed by atoms with Crippen LogP contribution in [-0.2, 0) is 4.74 Å². The van der Waals surface area contributed by atoms with Gasteiger partial charge in [0.2, 0.25) is 0 Å². The van der Waals surface area contributed by atoms with Gasteiger partial charge in [-0.15, -0.1) is 0 Å². The van der Waals surface area contributed by atoms with Crippen LogP contribution in [0.15, 0.2) is 42.6 Å². The summed E-state index contributed by atoms with van der Waals surface area (Å²) in [6, 6.07) is 10.4. The fourth-order valence-corrected chi connectivity index (χ4v) is 2.94. The monoisotopic (exact) mass is 341 g/mol. The Balaban J connectivity index is 1.43. The van der Waals surface area contributed by atoms with Crippen molar-refractivity contribution in [1.82, 2.24) is 9.88 Å². The molecule has 2 aliphatic rings.